The highest BCUT2D eigenvalue weighted by Gasteiger charge is 1.99. The molecule has 0 saturated carbocycles. The van der Waals surface area contributed by atoms with Crippen molar-refractivity contribution in [2.24, 2.45) is 0 Å². The van der Waals surface area contributed by atoms with Gasteiger partial charge in [0.25, 0.3) is 0 Å². The van der Waals surface area contributed by atoms with E-state index in [9.17, 15) is 0 Å². The smallest absolute Gasteiger partial charge is 0.0688 e. The van der Waals surface area contributed by atoms with Gasteiger partial charge in [-0.05, 0) is 18.2 Å². The van der Waals surface area contributed by atoms with Gasteiger partial charge in [0.15, 0.2) is 0 Å². The molecule has 0 aliphatic rings. The summed E-state index contributed by atoms with van der Waals surface area (Å²) in [5, 5.41) is 1.73. The lowest BCUT2D eigenvalue weighted by Gasteiger charge is -1.96. The lowest BCUT2D eigenvalue weighted by atomic mass is 10.2. The highest BCUT2D eigenvalue weighted by atomic mass is 35.5. The van der Waals surface area contributed by atoms with Crippen molar-refractivity contribution in [2.75, 3.05) is 5.73 Å². The lowest BCUT2D eigenvalue weighted by Crippen LogP contribution is -1.85. The van der Waals surface area contributed by atoms with Crippen LogP contribution < -0.4 is 5.73 Å². The largest absolute Gasteiger partial charge is 0.397 e. The third-order valence-electron chi connectivity index (χ3n) is 1.65. The second-order valence-electron chi connectivity index (χ2n) is 2.44. The van der Waals surface area contributed by atoms with E-state index in [-0.39, 0.29) is 0 Å². The number of benzene rings is 1. The van der Waals surface area contributed by atoms with E-state index in [0.717, 1.165) is 10.9 Å². The molecule has 11 heavy (non-hydrogen) atoms. The van der Waals surface area contributed by atoms with Crippen LogP contribution in [0.4, 0.5) is 5.69 Å². The minimum absolute atomic E-state index is 0.676. The lowest BCUT2D eigenvalue weighted by molar-refractivity contribution is 1.48. The molecular formula is C8H7ClN2. The first kappa shape index (κ1) is 6.55. The number of fused-ring (bicyclic) bond motifs is 1. The fourth-order valence-electron chi connectivity index (χ4n) is 1.16. The van der Waals surface area contributed by atoms with E-state index in [1.807, 2.05) is 18.3 Å². The van der Waals surface area contributed by atoms with Crippen molar-refractivity contribution in [2.45, 2.75) is 0 Å². The predicted octanol–water partition coefficient (Wildman–Crippen LogP) is 2.40. The van der Waals surface area contributed by atoms with Crippen LogP contribution in [-0.4, -0.2) is 4.98 Å². The summed E-state index contributed by atoms with van der Waals surface area (Å²) in [6, 6.07) is 5.56. The van der Waals surface area contributed by atoms with Crippen LogP contribution in [0.3, 0.4) is 0 Å². The molecule has 1 aromatic heterocycles. The Labute approximate surface area is 69.0 Å². The SMILES string of the molecule is Nc1cc(Cl)cc2cc[nH]c12. The second-order valence-corrected chi connectivity index (χ2v) is 2.87. The van der Waals surface area contributed by atoms with E-state index in [0.29, 0.717) is 10.7 Å². The molecule has 2 rings (SSSR count). The molecule has 0 spiro atoms. The molecule has 2 nitrogen and oxygen atoms in total. The molecule has 0 unspecified atom stereocenters. The Morgan fingerprint density at radius 2 is 2.18 bits per heavy atom. The maximum Gasteiger partial charge on any atom is 0.0688 e. The van der Waals surface area contributed by atoms with Crippen molar-refractivity contribution < 1.29 is 0 Å². The molecule has 56 valence electrons. The van der Waals surface area contributed by atoms with Gasteiger partial charge in [-0.3, -0.25) is 0 Å². The van der Waals surface area contributed by atoms with Gasteiger partial charge in [-0.25, -0.2) is 0 Å². The van der Waals surface area contributed by atoms with Crippen LogP contribution in [0.25, 0.3) is 10.9 Å². The zero-order chi connectivity index (χ0) is 7.84. The minimum Gasteiger partial charge on any atom is -0.397 e. The van der Waals surface area contributed by atoms with E-state index in [1.54, 1.807) is 6.07 Å². The minimum atomic E-state index is 0.676. The molecule has 0 atom stereocenters. The molecule has 1 aromatic carbocycles. The molecule has 0 bridgehead atoms. The fraction of sp³-hybridized carbons (Fsp3) is 0. The third kappa shape index (κ3) is 0.955. The van der Waals surface area contributed by atoms with Crippen LogP contribution in [-0.2, 0) is 0 Å². The normalized spacial score (nSPS) is 10.6. The first-order chi connectivity index (χ1) is 5.27. The van der Waals surface area contributed by atoms with Crippen molar-refractivity contribution in [3.63, 3.8) is 0 Å². The fourth-order valence-corrected chi connectivity index (χ4v) is 1.40. The van der Waals surface area contributed by atoms with Gasteiger partial charge in [-0.15, -0.1) is 0 Å². The number of hydrogen-bond donors (Lipinski definition) is 2. The number of aromatic nitrogens is 1. The number of aromatic amines is 1. The summed E-state index contributed by atoms with van der Waals surface area (Å²) < 4.78 is 0. The van der Waals surface area contributed by atoms with Crippen molar-refractivity contribution in [3.05, 3.63) is 29.4 Å². The Balaban J connectivity index is 2.91. The average Bonchev–Trinajstić information content (AvgIpc) is 2.34. The van der Waals surface area contributed by atoms with E-state index >= 15 is 0 Å². The first-order valence-electron chi connectivity index (χ1n) is 3.29. The molecule has 3 N–H and O–H groups in total. The Bertz CT molecular complexity index is 392. The van der Waals surface area contributed by atoms with Gasteiger partial charge >= 0.3 is 0 Å². The van der Waals surface area contributed by atoms with Crippen LogP contribution in [0.1, 0.15) is 0 Å². The van der Waals surface area contributed by atoms with Crippen LogP contribution in [0.2, 0.25) is 5.02 Å². The summed E-state index contributed by atoms with van der Waals surface area (Å²) >= 11 is 5.79. The number of anilines is 1. The molecule has 0 fully saturated rings. The second kappa shape index (κ2) is 2.17. The van der Waals surface area contributed by atoms with Crippen LogP contribution in [0, 0.1) is 0 Å². The molecule has 2 aromatic rings. The number of H-pyrrole nitrogens is 1. The van der Waals surface area contributed by atoms with Gasteiger partial charge in [0.2, 0.25) is 0 Å². The summed E-state index contributed by atoms with van der Waals surface area (Å²) in [5.74, 6) is 0. The molecule has 0 amide bonds. The zero-order valence-corrected chi connectivity index (χ0v) is 6.52. The Hall–Kier alpha value is -1.15. The molecule has 1 heterocycles. The van der Waals surface area contributed by atoms with Gasteiger partial charge < -0.3 is 10.7 Å². The standard InChI is InChI=1S/C8H7ClN2/c9-6-3-5-1-2-11-8(5)7(10)4-6/h1-4,11H,10H2. The summed E-state index contributed by atoms with van der Waals surface area (Å²) in [4.78, 5) is 3.03. The summed E-state index contributed by atoms with van der Waals surface area (Å²) in [6.07, 6.45) is 1.84. The molecule has 0 saturated heterocycles. The van der Waals surface area contributed by atoms with Crippen LogP contribution in [0.5, 0.6) is 0 Å². The Morgan fingerprint density at radius 3 is 3.00 bits per heavy atom. The van der Waals surface area contributed by atoms with E-state index < -0.39 is 0 Å². The van der Waals surface area contributed by atoms with Crippen molar-refractivity contribution in [3.8, 4) is 0 Å². The molecule has 3 heteroatoms. The maximum absolute atomic E-state index is 5.79. The van der Waals surface area contributed by atoms with Crippen molar-refractivity contribution in [1.82, 2.24) is 4.98 Å². The van der Waals surface area contributed by atoms with Gasteiger partial charge in [0.1, 0.15) is 0 Å². The molecule has 0 radical (unpaired) electrons. The monoisotopic (exact) mass is 166 g/mol. The third-order valence-corrected chi connectivity index (χ3v) is 1.87. The average molecular weight is 167 g/mol. The van der Waals surface area contributed by atoms with E-state index in [4.69, 9.17) is 17.3 Å². The summed E-state index contributed by atoms with van der Waals surface area (Å²) in [7, 11) is 0. The Morgan fingerprint density at radius 1 is 1.36 bits per heavy atom. The zero-order valence-electron chi connectivity index (χ0n) is 5.76. The molecular weight excluding hydrogens is 160 g/mol. The number of nitrogens with one attached hydrogen (secondary N) is 1. The maximum atomic E-state index is 5.79. The number of nitrogens with two attached hydrogens (primary N) is 1. The Kier molecular flexibility index (Phi) is 1.29. The molecule has 0 aliphatic carbocycles. The van der Waals surface area contributed by atoms with Gasteiger partial charge in [0.05, 0.1) is 11.2 Å². The topological polar surface area (TPSA) is 41.8 Å². The van der Waals surface area contributed by atoms with Crippen LogP contribution >= 0.6 is 11.6 Å². The van der Waals surface area contributed by atoms with Gasteiger partial charge in [-0.1, -0.05) is 11.6 Å². The number of nitrogen functional groups attached to an aromatic ring is 1. The highest BCUT2D eigenvalue weighted by Crippen LogP contribution is 2.24. The van der Waals surface area contributed by atoms with E-state index in [1.165, 1.54) is 0 Å². The quantitative estimate of drug-likeness (QED) is 0.580. The number of halogens is 1. The number of hydrogen-bond acceptors (Lipinski definition) is 1. The first-order valence-corrected chi connectivity index (χ1v) is 3.67. The van der Waals surface area contributed by atoms with Crippen molar-refractivity contribution in [1.29, 1.82) is 0 Å². The van der Waals surface area contributed by atoms with Crippen LogP contribution in [0.15, 0.2) is 24.4 Å². The number of rotatable bonds is 0. The molecule has 0 aliphatic heterocycles. The predicted molar refractivity (Wildman–Crippen MR) is 47.7 cm³/mol. The van der Waals surface area contributed by atoms with Gasteiger partial charge in [-0.2, -0.15) is 0 Å². The van der Waals surface area contributed by atoms with Gasteiger partial charge in [0, 0.05) is 16.6 Å². The highest BCUT2D eigenvalue weighted by molar-refractivity contribution is 6.31. The van der Waals surface area contributed by atoms with E-state index in [2.05, 4.69) is 4.98 Å². The summed E-state index contributed by atoms with van der Waals surface area (Å²) in [5.41, 5.74) is 7.33. The summed E-state index contributed by atoms with van der Waals surface area (Å²) in [6.45, 7) is 0. The van der Waals surface area contributed by atoms with Crippen molar-refractivity contribution >= 4 is 28.2 Å².